The molecule has 4 nitrogen and oxygen atoms in total. The lowest BCUT2D eigenvalue weighted by Gasteiger charge is -2.34. The summed E-state index contributed by atoms with van der Waals surface area (Å²) in [4.78, 5) is 14.8. The predicted octanol–water partition coefficient (Wildman–Crippen LogP) is 3.43. The number of carbonyl (C=O) groups is 1. The molecule has 0 unspecified atom stereocenters. The van der Waals surface area contributed by atoms with E-state index in [4.69, 9.17) is 0 Å². The smallest absolute Gasteiger partial charge is 0.270 e. The molecule has 0 radical (unpaired) electrons. The summed E-state index contributed by atoms with van der Waals surface area (Å²) >= 11 is 3.46. The van der Waals surface area contributed by atoms with Crippen molar-refractivity contribution in [2.24, 2.45) is 0 Å². The Balaban J connectivity index is 2.20. The third kappa shape index (κ3) is 4.10. The highest BCUT2D eigenvalue weighted by Crippen LogP contribution is 2.25. The molecule has 0 saturated heterocycles. The van der Waals surface area contributed by atoms with Crippen LogP contribution in [0.4, 0.5) is 0 Å². The van der Waals surface area contributed by atoms with Gasteiger partial charge in [0.1, 0.15) is 5.69 Å². The minimum Gasteiger partial charge on any atom is -0.395 e. The first-order valence-electron chi connectivity index (χ1n) is 7.95. The van der Waals surface area contributed by atoms with E-state index in [1.165, 1.54) is 19.3 Å². The number of carbonyl (C=O) groups excluding carboxylic acids is 1. The Morgan fingerprint density at radius 2 is 2.14 bits per heavy atom. The molecule has 0 aliphatic heterocycles. The largest absolute Gasteiger partial charge is 0.395 e. The van der Waals surface area contributed by atoms with Crippen molar-refractivity contribution in [3.05, 3.63) is 22.4 Å². The fraction of sp³-hybridized carbons (Fsp3) is 0.688. The van der Waals surface area contributed by atoms with Gasteiger partial charge in [-0.25, -0.2) is 0 Å². The second-order valence-corrected chi connectivity index (χ2v) is 6.67. The molecule has 2 rings (SSSR count). The predicted molar refractivity (Wildman–Crippen MR) is 87.4 cm³/mol. The molecule has 1 saturated carbocycles. The number of nitrogens with zero attached hydrogens (tertiary/aromatic N) is 2. The highest BCUT2D eigenvalue weighted by Gasteiger charge is 2.27. The van der Waals surface area contributed by atoms with Gasteiger partial charge in [-0.2, -0.15) is 0 Å². The van der Waals surface area contributed by atoms with E-state index in [1.807, 2.05) is 21.7 Å². The molecule has 1 fully saturated rings. The first-order chi connectivity index (χ1) is 10.2. The quantitative estimate of drug-likeness (QED) is 0.848. The van der Waals surface area contributed by atoms with Gasteiger partial charge in [0, 0.05) is 29.8 Å². The van der Waals surface area contributed by atoms with Gasteiger partial charge in [-0.15, -0.1) is 0 Å². The topological polar surface area (TPSA) is 45.5 Å². The minimum atomic E-state index is 0.0257. The van der Waals surface area contributed by atoms with Crippen LogP contribution in [0.1, 0.15) is 55.9 Å². The zero-order chi connectivity index (χ0) is 15.2. The Morgan fingerprint density at radius 1 is 1.43 bits per heavy atom. The number of aromatic nitrogens is 1. The molecule has 21 heavy (non-hydrogen) atoms. The Kier molecular flexibility index (Phi) is 6.30. The van der Waals surface area contributed by atoms with Gasteiger partial charge in [0.2, 0.25) is 0 Å². The van der Waals surface area contributed by atoms with E-state index >= 15 is 0 Å². The molecule has 0 spiro atoms. The average Bonchev–Trinajstić information content (AvgIpc) is 2.86. The van der Waals surface area contributed by atoms with Crippen molar-refractivity contribution in [3.63, 3.8) is 0 Å². The number of aryl methyl sites for hydroxylation is 1. The van der Waals surface area contributed by atoms with Crippen LogP contribution in [0.25, 0.3) is 0 Å². The summed E-state index contributed by atoms with van der Waals surface area (Å²) in [6.07, 6.45) is 8.69. The Hall–Kier alpha value is -0.810. The monoisotopic (exact) mass is 356 g/mol. The highest BCUT2D eigenvalue weighted by atomic mass is 79.9. The number of hydrogen-bond donors (Lipinski definition) is 1. The highest BCUT2D eigenvalue weighted by molar-refractivity contribution is 9.10. The summed E-state index contributed by atoms with van der Waals surface area (Å²) in [6.45, 7) is 3.40. The summed E-state index contributed by atoms with van der Waals surface area (Å²) in [5.41, 5.74) is 0.725. The van der Waals surface area contributed by atoms with Crippen LogP contribution >= 0.6 is 15.9 Å². The van der Waals surface area contributed by atoms with Crippen LogP contribution in [-0.2, 0) is 6.54 Å². The van der Waals surface area contributed by atoms with Gasteiger partial charge in [-0.1, -0.05) is 26.2 Å². The molecule has 5 heteroatoms. The van der Waals surface area contributed by atoms with Gasteiger partial charge in [0.05, 0.1) is 6.61 Å². The Labute approximate surface area is 135 Å². The van der Waals surface area contributed by atoms with Crippen molar-refractivity contribution in [1.29, 1.82) is 0 Å². The SMILES string of the molecule is CCCn1cc(Br)cc1C(=O)N(CCO)C1CCCCC1. The van der Waals surface area contributed by atoms with Crippen LogP contribution in [0, 0.1) is 0 Å². The van der Waals surface area contributed by atoms with Gasteiger partial charge < -0.3 is 14.6 Å². The van der Waals surface area contributed by atoms with Crippen LogP contribution in [0.15, 0.2) is 16.7 Å². The maximum atomic E-state index is 12.9. The van der Waals surface area contributed by atoms with E-state index in [-0.39, 0.29) is 18.6 Å². The van der Waals surface area contributed by atoms with Crippen molar-refractivity contribution in [2.75, 3.05) is 13.2 Å². The number of hydrogen-bond acceptors (Lipinski definition) is 2. The van der Waals surface area contributed by atoms with E-state index in [9.17, 15) is 9.90 Å². The van der Waals surface area contributed by atoms with Crippen molar-refractivity contribution < 1.29 is 9.90 Å². The number of aliphatic hydroxyl groups is 1. The molecule has 0 aromatic carbocycles. The molecule has 1 aliphatic carbocycles. The number of amides is 1. The Bertz CT molecular complexity index is 467. The van der Waals surface area contributed by atoms with Crippen LogP contribution in [0.2, 0.25) is 0 Å². The van der Waals surface area contributed by atoms with Gasteiger partial charge in [-0.05, 0) is 41.3 Å². The first kappa shape index (κ1) is 16.6. The molecular weight excluding hydrogens is 332 g/mol. The zero-order valence-corrected chi connectivity index (χ0v) is 14.3. The number of halogens is 1. The van der Waals surface area contributed by atoms with Crippen LogP contribution < -0.4 is 0 Å². The molecule has 1 aliphatic rings. The molecular formula is C16H25BrN2O2. The van der Waals surface area contributed by atoms with Gasteiger partial charge >= 0.3 is 0 Å². The Morgan fingerprint density at radius 3 is 2.76 bits per heavy atom. The van der Waals surface area contributed by atoms with Gasteiger partial charge in [0.15, 0.2) is 0 Å². The van der Waals surface area contributed by atoms with E-state index in [2.05, 4.69) is 22.9 Å². The molecule has 0 atom stereocenters. The zero-order valence-electron chi connectivity index (χ0n) is 12.7. The second kappa shape index (κ2) is 7.99. The lowest BCUT2D eigenvalue weighted by atomic mass is 9.94. The molecule has 118 valence electrons. The number of rotatable bonds is 6. The number of aliphatic hydroxyl groups excluding tert-OH is 1. The lowest BCUT2D eigenvalue weighted by Crippen LogP contribution is -2.43. The molecule has 1 aromatic heterocycles. The summed E-state index contributed by atoms with van der Waals surface area (Å²) < 4.78 is 2.95. The molecule has 1 amide bonds. The van der Waals surface area contributed by atoms with E-state index in [0.29, 0.717) is 6.54 Å². The molecule has 1 heterocycles. The van der Waals surface area contributed by atoms with Crippen LogP contribution in [0.5, 0.6) is 0 Å². The summed E-state index contributed by atoms with van der Waals surface area (Å²) in [6, 6.07) is 2.17. The summed E-state index contributed by atoms with van der Waals surface area (Å²) in [7, 11) is 0. The van der Waals surface area contributed by atoms with E-state index in [0.717, 1.165) is 36.0 Å². The fourth-order valence-electron chi connectivity index (χ4n) is 3.18. The van der Waals surface area contributed by atoms with Crippen molar-refractivity contribution >= 4 is 21.8 Å². The second-order valence-electron chi connectivity index (χ2n) is 5.75. The summed E-state index contributed by atoms with van der Waals surface area (Å²) in [5, 5.41) is 9.33. The van der Waals surface area contributed by atoms with Crippen LogP contribution in [0.3, 0.4) is 0 Å². The van der Waals surface area contributed by atoms with Gasteiger partial charge in [0.25, 0.3) is 5.91 Å². The first-order valence-corrected chi connectivity index (χ1v) is 8.74. The van der Waals surface area contributed by atoms with E-state index in [1.54, 1.807) is 0 Å². The third-order valence-electron chi connectivity index (χ3n) is 4.16. The molecule has 0 bridgehead atoms. The third-order valence-corrected chi connectivity index (χ3v) is 4.60. The van der Waals surface area contributed by atoms with Gasteiger partial charge in [-0.3, -0.25) is 4.79 Å². The fourth-order valence-corrected chi connectivity index (χ4v) is 3.64. The molecule has 1 aromatic rings. The normalized spacial score (nSPS) is 16.1. The summed E-state index contributed by atoms with van der Waals surface area (Å²) in [5.74, 6) is 0.0510. The standard InChI is InChI=1S/C16H25BrN2O2/c1-2-8-18-12-13(17)11-15(18)16(21)19(9-10-20)14-6-4-3-5-7-14/h11-12,14,20H,2-10H2,1H3. The average molecular weight is 357 g/mol. The maximum Gasteiger partial charge on any atom is 0.270 e. The van der Waals surface area contributed by atoms with Crippen LogP contribution in [-0.4, -0.2) is 39.7 Å². The van der Waals surface area contributed by atoms with Crippen molar-refractivity contribution in [2.45, 2.75) is 58.0 Å². The van der Waals surface area contributed by atoms with E-state index < -0.39 is 0 Å². The maximum absolute atomic E-state index is 12.9. The minimum absolute atomic E-state index is 0.0257. The lowest BCUT2D eigenvalue weighted by molar-refractivity contribution is 0.0574. The van der Waals surface area contributed by atoms with Crippen molar-refractivity contribution in [1.82, 2.24) is 9.47 Å². The van der Waals surface area contributed by atoms with Crippen molar-refractivity contribution in [3.8, 4) is 0 Å². The molecule has 1 N–H and O–H groups in total.